The number of nitrogens with zero attached hydrogens (tertiary/aromatic N) is 1. The number of anilines is 1. The molecule has 6 heteroatoms. The molecule has 2 rings (SSSR count). The third-order valence-corrected chi connectivity index (χ3v) is 3.12. The van der Waals surface area contributed by atoms with Gasteiger partial charge in [-0.05, 0) is 30.0 Å². The number of carbonyl (C=O) groups excluding carboxylic acids is 1. The van der Waals surface area contributed by atoms with E-state index in [-0.39, 0.29) is 13.1 Å². The van der Waals surface area contributed by atoms with Crippen molar-refractivity contribution in [3.8, 4) is 0 Å². The number of hydrogen-bond acceptors (Lipinski definition) is 2. The van der Waals surface area contributed by atoms with Crippen LogP contribution in [0, 0.1) is 0 Å². The van der Waals surface area contributed by atoms with Gasteiger partial charge >= 0.3 is 12.1 Å². The molecular weight excluding hydrogens is 245 g/mol. The van der Waals surface area contributed by atoms with Gasteiger partial charge in [0.05, 0.1) is 0 Å². The minimum atomic E-state index is -4.80. The molecule has 0 fully saturated rings. The minimum Gasteiger partial charge on any atom is -0.398 e. The van der Waals surface area contributed by atoms with Crippen molar-refractivity contribution in [2.24, 2.45) is 0 Å². The van der Waals surface area contributed by atoms with Crippen molar-refractivity contribution < 1.29 is 18.0 Å². The van der Waals surface area contributed by atoms with Gasteiger partial charge in [0.2, 0.25) is 0 Å². The van der Waals surface area contributed by atoms with Crippen molar-refractivity contribution in [3.05, 3.63) is 29.3 Å². The largest absolute Gasteiger partial charge is 0.471 e. The van der Waals surface area contributed by atoms with E-state index >= 15 is 0 Å². The van der Waals surface area contributed by atoms with Gasteiger partial charge in [0.15, 0.2) is 0 Å². The zero-order valence-electron chi connectivity index (χ0n) is 9.63. The summed E-state index contributed by atoms with van der Waals surface area (Å²) in [5.41, 5.74) is 8.15. The summed E-state index contributed by atoms with van der Waals surface area (Å²) in [7, 11) is 0. The number of amides is 1. The molecule has 1 heterocycles. The van der Waals surface area contributed by atoms with Crippen LogP contribution in [-0.2, 0) is 17.6 Å². The summed E-state index contributed by atoms with van der Waals surface area (Å²) in [5.74, 6) is -1.77. The fourth-order valence-electron chi connectivity index (χ4n) is 2.19. The third kappa shape index (κ3) is 2.42. The maximum absolute atomic E-state index is 12.4. The predicted octanol–water partition coefficient (Wildman–Crippen LogP) is 1.76. The second kappa shape index (κ2) is 4.51. The highest BCUT2D eigenvalue weighted by molar-refractivity contribution is 5.82. The first-order valence-corrected chi connectivity index (χ1v) is 5.62. The molecule has 0 atom stereocenters. The summed E-state index contributed by atoms with van der Waals surface area (Å²) < 4.78 is 37.1. The van der Waals surface area contributed by atoms with Gasteiger partial charge in [0.25, 0.3) is 0 Å². The smallest absolute Gasteiger partial charge is 0.398 e. The Morgan fingerprint density at radius 2 is 1.89 bits per heavy atom. The van der Waals surface area contributed by atoms with Crippen LogP contribution in [0.1, 0.15) is 11.1 Å². The number of nitrogen functional groups attached to an aromatic ring is 1. The van der Waals surface area contributed by atoms with E-state index in [0.29, 0.717) is 18.5 Å². The first kappa shape index (κ1) is 12.7. The lowest BCUT2D eigenvalue weighted by molar-refractivity contribution is -0.185. The first-order valence-electron chi connectivity index (χ1n) is 5.62. The number of rotatable bonds is 0. The van der Waals surface area contributed by atoms with E-state index in [9.17, 15) is 18.0 Å². The molecule has 2 N–H and O–H groups in total. The third-order valence-electron chi connectivity index (χ3n) is 3.12. The van der Waals surface area contributed by atoms with Gasteiger partial charge in [-0.3, -0.25) is 4.79 Å². The van der Waals surface area contributed by atoms with Gasteiger partial charge in [-0.25, -0.2) is 0 Å². The molecule has 1 amide bonds. The van der Waals surface area contributed by atoms with Crippen molar-refractivity contribution in [1.29, 1.82) is 0 Å². The number of benzene rings is 1. The Labute approximate surface area is 102 Å². The van der Waals surface area contributed by atoms with E-state index in [4.69, 9.17) is 5.73 Å². The van der Waals surface area contributed by atoms with Crippen LogP contribution in [0.15, 0.2) is 18.2 Å². The lowest BCUT2D eigenvalue weighted by Gasteiger charge is -2.21. The molecule has 1 aromatic carbocycles. The van der Waals surface area contributed by atoms with Crippen LogP contribution in [0.2, 0.25) is 0 Å². The Bertz CT molecular complexity index is 471. The standard InChI is InChI=1S/C12H13F3N2O/c13-12(14,15)11(18)17-6-4-8-2-1-3-10(16)9(8)5-7-17/h1-3H,4-7,16H2. The number of fused-ring (bicyclic) bond motifs is 1. The van der Waals surface area contributed by atoms with Gasteiger partial charge in [-0.1, -0.05) is 12.1 Å². The highest BCUT2D eigenvalue weighted by Gasteiger charge is 2.42. The van der Waals surface area contributed by atoms with Crippen LogP contribution < -0.4 is 5.73 Å². The van der Waals surface area contributed by atoms with Gasteiger partial charge < -0.3 is 10.6 Å². The van der Waals surface area contributed by atoms with Gasteiger partial charge in [0, 0.05) is 18.8 Å². The zero-order valence-corrected chi connectivity index (χ0v) is 9.63. The van der Waals surface area contributed by atoms with Crippen LogP contribution in [0.25, 0.3) is 0 Å². The zero-order chi connectivity index (χ0) is 13.3. The van der Waals surface area contributed by atoms with E-state index in [1.165, 1.54) is 0 Å². The normalized spacial score (nSPS) is 16.1. The molecule has 1 aliphatic heterocycles. The molecule has 18 heavy (non-hydrogen) atoms. The van der Waals surface area contributed by atoms with Crippen molar-refractivity contribution >= 4 is 11.6 Å². The molecule has 3 nitrogen and oxygen atoms in total. The second-order valence-electron chi connectivity index (χ2n) is 4.27. The monoisotopic (exact) mass is 258 g/mol. The minimum absolute atomic E-state index is 0.0551. The van der Waals surface area contributed by atoms with Crippen LogP contribution in [0.3, 0.4) is 0 Å². The highest BCUT2D eigenvalue weighted by Crippen LogP contribution is 2.24. The molecule has 98 valence electrons. The van der Waals surface area contributed by atoms with E-state index in [0.717, 1.165) is 16.0 Å². The molecule has 0 spiro atoms. The topological polar surface area (TPSA) is 46.3 Å². The second-order valence-corrected chi connectivity index (χ2v) is 4.27. The Morgan fingerprint density at radius 3 is 2.56 bits per heavy atom. The quantitative estimate of drug-likeness (QED) is 0.721. The summed E-state index contributed by atoms with van der Waals surface area (Å²) in [6.45, 7) is 0.133. The molecule has 0 saturated heterocycles. The molecule has 0 unspecified atom stereocenters. The molecule has 1 aromatic rings. The average molecular weight is 258 g/mol. The van der Waals surface area contributed by atoms with Crippen molar-refractivity contribution in [2.75, 3.05) is 18.8 Å². The van der Waals surface area contributed by atoms with Crippen molar-refractivity contribution in [1.82, 2.24) is 4.90 Å². The van der Waals surface area contributed by atoms with Crippen LogP contribution in [-0.4, -0.2) is 30.1 Å². The lowest BCUT2D eigenvalue weighted by atomic mass is 10.0. The number of hydrogen-bond donors (Lipinski definition) is 1. The average Bonchev–Trinajstić information content (AvgIpc) is 2.50. The maximum atomic E-state index is 12.4. The highest BCUT2D eigenvalue weighted by atomic mass is 19.4. The summed E-state index contributed by atoms with van der Waals surface area (Å²) in [4.78, 5) is 12.0. The predicted molar refractivity (Wildman–Crippen MR) is 60.9 cm³/mol. The summed E-state index contributed by atoms with van der Waals surface area (Å²) in [6, 6.07) is 5.34. The van der Waals surface area contributed by atoms with Crippen molar-refractivity contribution in [3.63, 3.8) is 0 Å². The van der Waals surface area contributed by atoms with Gasteiger partial charge in [-0.2, -0.15) is 13.2 Å². The Morgan fingerprint density at radius 1 is 1.22 bits per heavy atom. The van der Waals surface area contributed by atoms with E-state index in [1.807, 2.05) is 6.07 Å². The van der Waals surface area contributed by atoms with Crippen LogP contribution >= 0.6 is 0 Å². The number of carbonyl (C=O) groups is 1. The molecule has 1 aliphatic rings. The Balaban J connectivity index is 2.18. The number of halogens is 3. The molecule has 0 aromatic heterocycles. The van der Waals surface area contributed by atoms with Crippen LogP contribution in [0.4, 0.5) is 18.9 Å². The van der Waals surface area contributed by atoms with Crippen LogP contribution in [0.5, 0.6) is 0 Å². The summed E-state index contributed by atoms with van der Waals surface area (Å²) in [6.07, 6.45) is -4.03. The van der Waals surface area contributed by atoms with Gasteiger partial charge in [0.1, 0.15) is 0 Å². The summed E-state index contributed by atoms with van der Waals surface area (Å²) >= 11 is 0. The Kier molecular flexibility index (Phi) is 3.19. The van der Waals surface area contributed by atoms with E-state index < -0.39 is 12.1 Å². The molecular formula is C12H13F3N2O. The fraction of sp³-hybridized carbons (Fsp3) is 0.417. The number of alkyl halides is 3. The fourth-order valence-corrected chi connectivity index (χ4v) is 2.19. The Hall–Kier alpha value is -1.72. The maximum Gasteiger partial charge on any atom is 0.471 e. The van der Waals surface area contributed by atoms with E-state index in [2.05, 4.69) is 0 Å². The van der Waals surface area contributed by atoms with Crippen molar-refractivity contribution in [2.45, 2.75) is 19.0 Å². The van der Waals surface area contributed by atoms with E-state index in [1.54, 1.807) is 12.1 Å². The molecule has 0 radical (unpaired) electrons. The molecule has 0 saturated carbocycles. The molecule has 0 bridgehead atoms. The SMILES string of the molecule is Nc1cccc2c1CCN(C(=O)C(F)(F)F)CC2. The summed E-state index contributed by atoms with van der Waals surface area (Å²) in [5, 5.41) is 0. The lowest BCUT2D eigenvalue weighted by Crippen LogP contribution is -2.42. The molecule has 0 aliphatic carbocycles. The van der Waals surface area contributed by atoms with Gasteiger partial charge in [-0.15, -0.1) is 0 Å². The first-order chi connectivity index (χ1) is 8.39. The number of nitrogens with two attached hydrogens (primary N) is 1.